The first-order valence-corrected chi connectivity index (χ1v) is 15.7. The van der Waals surface area contributed by atoms with Gasteiger partial charge in [-0.25, -0.2) is 19.2 Å². The van der Waals surface area contributed by atoms with Gasteiger partial charge in [0.1, 0.15) is 12.4 Å². The maximum Gasteiger partial charge on any atom is 0.335 e. The first kappa shape index (κ1) is 30.3. The van der Waals surface area contributed by atoms with E-state index in [4.69, 9.17) is 20.0 Å². The molecule has 4 heterocycles. The number of halogens is 1. The van der Waals surface area contributed by atoms with Crippen molar-refractivity contribution in [1.82, 2.24) is 29.2 Å². The molecule has 1 aliphatic heterocycles. The number of hydrogen-bond donors (Lipinski definition) is 1. The monoisotopic (exact) mass is 625 g/mol. The second-order valence-corrected chi connectivity index (χ2v) is 12.2. The van der Waals surface area contributed by atoms with Crippen LogP contribution in [0.1, 0.15) is 52.9 Å². The third kappa shape index (κ3) is 7.00. The van der Waals surface area contributed by atoms with Crippen LogP contribution in [0.25, 0.3) is 11.0 Å². The van der Waals surface area contributed by atoms with Gasteiger partial charge in [0.05, 0.1) is 57.7 Å². The molecule has 1 saturated heterocycles. The normalized spacial score (nSPS) is 14.1. The molecule has 1 aliphatic rings. The van der Waals surface area contributed by atoms with Crippen LogP contribution < -0.4 is 4.74 Å². The average Bonchev–Trinajstić information content (AvgIpc) is 3.65. The number of carboxylic acids is 1. The molecule has 0 atom stereocenters. The number of rotatable bonds is 11. The molecule has 0 radical (unpaired) electrons. The van der Waals surface area contributed by atoms with E-state index >= 15 is 0 Å². The van der Waals surface area contributed by atoms with Gasteiger partial charge in [0, 0.05) is 18.0 Å². The van der Waals surface area contributed by atoms with Crippen LogP contribution in [-0.2, 0) is 26.2 Å². The maximum absolute atomic E-state index is 14.2. The van der Waals surface area contributed by atoms with Gasteiger partial charge in [0.2, 0.25) is 0 Å². The van der Waals surface area contributed by atoms with Crippen LogP contribution in [0.2, 0.25) is 0 Å². The number of piperidine rings is 1. The number of pyridine rings is 1. The van der Waals surface area contributed by atoms with Crippen LogP contribution in [0.15, 0.2) is 71.9 Å². The Morgan fingerprint density at radius 2 is 1.96 bits per heavy atom. The zero-order valence-corrected chi connectivity index (χ0v) is 25.6. The molecule has 2 aromatic carbocycles. The van der Waals surface area contributed by atoms with Crippen LogP contribution in [0.4, 0.5) is 4.39 Å². The topological polar surface area (TPSA) is 122 Å². The highest BCUT2D eigenvalue weighted by atomic mass is 32.2. The van der Waals surface area contributed by atoms with Crippen molar-refractivity contribution in [2.24, 2.45) is 0 Å². The quantitative estimate of drug-likeness (QED) is 0.196. The molecule has 0 aliphatic carbocycles. The minimum absolute atomic E-state index is 0.0908. The minimum Gasteiger partial charge on any atom is -0.484 e. The fourth-order valence-electron chi connectivity index (χ4n) is 5.54. The lowest BCUT2D eigenvalue weighted by molar-refractivity contribution is 0.0697. The first-order chi connectivity index (χ1) is 21.9. The van der Waals surface area contributed by atoms with Crippen LogP contribution in [-0.4, -0.2) is 58.6 Å². The van der Waals surface area contributed by atoms with Crippen molar-refractivity contribution in [3.63, 3.8) is 0 Å². The Morgan fingerprint density at radius 1 is 1.11 bits per heavy atom. The summed E-state index contributed by atoms with van der Waals surface area (Å²) >= 11 is 1.75. The Labute approximate surface area is 264 Å². The fraction of sp³-hybridized carbons (Fsp3) is 0.303. The molecule has 0 bridgehead atoms. The van der Waals surface area contributed by atoms with Gasteiger partial charge < -0.3 is 14.4 Å². The average molecular weight is 626 g/mol. The first-order valence-electron chi connectivity index (χ1n) is 14.8. The summed E-state index contributed by atoms with van der Waals surface area (Å²) < 4.78 is 23.9. The molecule has 12 heteroatoms. The number of hydrogen-bond acceptors (Lipinski definition) is 8. The summed E-state index contributed by atoms with van der Waals surface area (Å²) in [7, 11) is 0. The van der Waals surface area contributed by atoms with E-state index in [1.165, 1.54) is 12.1 Å². The fourth-order valence-corrected chi connectivity index (χ4v) is 6.66. The molecule has 0 amide bonds. The number of aromatic nitrogens is 5. The summed E-state index contributed by atoms with van der Waals surface area (Å²) in [5.74, 6) is -0.541. The molecule has 0 saturated carbocycles. The lowest BCUT2D eigenvalue weighted by atomic mass is 10.1. The number of thioether (sulfide) groups is 1. The minimum atomic E-state index is -0.961. The van der Waals surface area contributed by atoms with E-state index in [1.54, 1.807) is 36.2 Å². The van der Waals surface area contributed by atoms with Crippen LogP contribution >= 0.6 is 11.8 Å². The summed E-state index contributed by atoms with van der Waals surface area (Å²) in [6.07, 6.45) is 3.75. The summed E-state index contributed by atoms with van der Waals surface area (Å²) in [6, 6.07) is 18.9. The Bertz CT molecular complexity index is 1870. The van der Waals surface area contributed by atoms with Crippen LogP contribution in [0.3, 0.4) is 0 Å². The zero-order chi connectivity index (χ0) is 31.3. The van der Waals surface area contributed by atoms with Crippen molar-refractivity contribution < 1.29 is 19.0 Å². The van der Waals surface area contributed by atoms with Crippen molar-refractivity contribution in [3.05, 3.63) is 101 Å². The van der Waals surface area contributed by atoms with Crippen molar-refractivity contribution in [2.45, 2.75) is 56.3 Å². The molecular formula is C33H32FN7O3S. The number of fused-ring (bicyclic) bond motifs is 1. The molecular weight excluding hydrogens is 593 g/mol. The lowest BCUT2D eigenvalue weighted by Gasteiger charge is -2.31. The highest BCUT2D eigenvalue weighted by molar-refractivity contribution is 7.99. The number of imidazole rings is 1. The van der Waals surface area contributed by atoms with E-state index in [0.717, 1.165) is 66.1 Å². The zero-order valence-electron chi connectivity index (χ0n) is 24.8. The third-order valence-corrected chi connectivity index (χ3v) is 9.18. The summed E-state index contributed by atoms with van der Waals surface area (Å²) in [5, 5.41) is 24.2. The Balaban J connectivity index is 1.09. The molecule has 0 unspecified atom stereocenters. The number of carboxylic acid groups (broad SMARTS) is 1. The van der Waals surface area contributed by atoms with Gasteiger partial charge in [0.25, 0.3) is 0 Å². The van der Waals surface area contributed by atoms with E-state index in [-0.39, 0.29) is 23.5 Å². The number of carbonyl (C=O) groups is 1. The van der Waals surface area contributed by atoms with Gasteiger partial charge in [-0.15, -0.1) is 11.8 Å². The van der Waals surface area contributed by atoms with Crippen molar-refractivity contribution in [3.8, 4) is 11.8 Å². The second-order valence-electron chi connectivity index (χ2n) is 10.9. The van der Waals surface area contributed by atoms with Gasteiger partial charge in [-0.05, 0) is 87.5 Å². The summed E-state index contributed by atoms with van der Waals surface area (Å²) in [6.45, 7) is 5.93. The lowest BCUT2D eigenvalue weighted by Crippen LogP contribution is -2.35. The molecule has 230 valence electrons. The van der Waals surface area contributed by atoms with E-state index in [0.29, 0.717) is 24.0 Å². The number of aromatic carboxylic acids is 1. The van der Waals surface area contributed by atoms with Gasteiger partial charge in [-0.3, -0.25) is 9.58 Å². The second kappa shape index (κ2) is 13.5. The predicted octanol–water partition coefficient (Wildman–Crippen LogP) is 5.74. The van der Waals surface area contributed by atoms with E-state index in [9.17, 15) is 14.3 Å². The third-order valence-electron chi connectivity index (χ3n) is 7.90. The number of ether oxygens (including phenoxy) is 1. The summed E-state index contributed by atoms with van der Waals surface area (Å²) in [4.78, 5) is 23.8. The van der Waals surface area contributed by atoms with Gasteiger partial charge in [0.15, 0.2) is 11.6 Å². The Morgan fingerprint density at radius 3 is 2.71 bits per heavy atom. The van der Waals surface area contributed by atoms with Crippen molar-refractivity contribution in [1.29, 1.82) is 5.26 Å². The smallest absolute Gasteiger partial charge is 0.335 e. The number of nitrogens with zero attached hydrogens (tertiary/aromatic N) is 7. The van der Waals surface area contributed by atoms with Crippen molar-refractivity contribution >= 4 is 28.8 Å². The van der Waals surface area contributed by atoms with Gasteiger partial charge in [-0.1, -0.05) is 6.07 Å². The van der Waals surface area contributed by atoms with Gasteiger partial charge >= 0.3 is 5.97 Å². The van der Waals surface area contributed by atoms with E-state index in [1.807, 2.05) is 41.9 Å². The molecule has 1 fully saturated rings. The molecule has 6 rings (SSSR count). The maximum atomic E-state index is 14.2. The summed E-state index contributed by atoms with van der Waals surface area (Å²) in [5.41, 5.74) is 3.81. The molecule has 1 N–H and O–H groups in total. The van der Waals surface area contributed by atoms with Gasteiger partial charge in [-0.2, -0.15) is 10.4 Å². The Kier molecular flexibility index (Phi) is 9.09. The molecule has 10 nitrogen and oxygen atoms in total. The Hall–Kier alpha value is -4.73. The highest BCUT2D eigenvalue weighted by Crippen LogP contribution is 2.31. The van der Waals surface area contributed by atoms with Crippen LogP contribution in [0, 0.1) is 17.1 Å². The number of likely N-dealkylation sites (tertiary alicyclic amines) is 1. The number of nitriles is 1. The van der Waals surface area contributed by atoms with Crippen LogP contribution in [0.5, 0.6) is 5.75 Å². The highest BCUT2D eigenvalue weighted by Gasteiger charge is 2.23. The van der Waals surface area contributed by atoms with Crippen molar-refractivity contribution in [2.75, 3.05) is 13.1 Å². The molecule has 0 spiro atoms. The SMILES string of the molecule is CCn1nccc1Cn1c(CN2CCC(Sc3cccc(COc4ccc(C#N)cc4F)n3)CC2)nc2ccc(C(=O)O)cc21. The number of aryl methyl sites for hydroxylation is 1. The van der Waals surface area contributed by atoms with E-state index in [2.05, 4.69) is 14.6 Å². The van der Waals surface area contributed by atoms with E-state index < -0.39 is 11.8 Å². The molecule has 5 aromatic rings. The molecule has 45 heavy (non-hydrogen) atoms. The molecule has 3 aromatic heterocycles. The predicted molar refractivity (Wildman–Crippen MR) is 168 cm³/mol. The largest absolute Gasteiger partial charge is 0.484 e. The standard InChI is InChI=1S/C33H32FN7O3S/c1-2-41-25(10-13-36-41)19-40-29-17-23(33(42)43)7-8-28(29)38-31(40)20-39-14-11-26(12-15-39)45-32-5-3-4-24(37-32)21-44-30-9-6-22(18-35)16-27(30)34/h3-10,13,16-17,26H,2,11-12,14-15,19-21H2,1H3,(H,42,43). The number of benzene rings is 2.